The molecule has 2 aromatic heterocycles. The Balaban J connectivity index is 1.41. The van der Waals surface area contributed by atoms with Crippen LogP contribution in [0.3, 0.4) is 0 Å². The number of fused-ring (bicyclic) bond motifs is 3. The van der Waals surface area contributed by atoms with E-state index < -0.39 is 10.0 Å². The van der Waals surface area contributed by atoms with Crippen LogP contribution in [0.2, 0.25) is 0 Å². The summed E-state index contributed by atoms with van der Waals surface area (Å²) in [5.41, 5.74) is 3.06. The largest absolute Gasteiger partial charge is 0.363 e. The first kappa shape index (κ1) is 23.5. The van der Waals surface area contributed by atoms with Gasteiger partial charge in [-0.1, -0.05) is 19.1 Å². The number of sulfonamides is 1. The number of hydrogen-bond acceptors (Lipinski definition) is 7. The summed E-state index contributed by atoms with van der Waals surface area (Å²) in [6.45, 7) is 7.46. The van der Waals surface area contributed by atoms with Crippen molar-refractivity contribution in [2.45, 2.75) is 58.5 Å². The average molecular weight is 500 g/mol. The van der Waals surface area contributed by atoms with E-state index in [1.807, 2.05) is 23.5 Å². The maximum absolute atomic E-state index is 11.5. The predicted molar refractivity (Wildman–Crippen MR) is 140 cm³/mol. The Hall–Kier alpha value is -2.23. The molecule has 182 valence electrons. The maximum atomic E-state index is 11.5. The van der Waals surface area contributed by atoms with Gasteiger partial charge in [0.25, 0.3) is 0 Å². The molecule has 1 aliphatic heterocycles. The fourth-order valence-corrected chi connectivity index (χ4v) is 6.82. The second-order valence-electron chi connectivity index (χ2n) is 9.85. The number of nitrogens with one attached hydrogen (secondary N) is 2. The van der Waals surface area contributed by atoms with E-state index in [1.54, 1.807) is 12.1 Å². The smallest absolute Gasteiger partial charge is 0.229 e. The van der Waals surface area contributed by atoms with Crippen molar-refractivity contribution in [2.24, 2.45) is 5.92 Å². The fourth-order valence-electron chi connectivity index (χ4n) is 4.98. The van der Waals surface area contributed by atoms with Crippen molar-refractivity contribution in [3.63, 3.8) is 0 Å². The topological polar surface area (TPSA) is 87.2 Å². The van der Waals surface area contributed by atoms with Crippen LogP contribution in [0.15, 0.2) is 24.3 Å². The quantitative estimate of drug-likeness (QED) is 0.478. The third-order valence-corrected chi connectivity index (χ3v) is 8.71. The Morgan fingerprint density at radius 1 is 1.15 bits per heavy atom. The van der Waals surface area contributed by atoms with Gasteiger partial charge in [-0.25, -0.2) is 18.4 Å². The Kier molecular flexibility index (Phi) is 6.52. The van der Waals surface area contributed by atoms with Crippen molar-refractivity contribution < 1.29 is 8.42 Å². The molecule has 0 unspecified atom stereocenters. The highest BCUT2D eigenvalue weighted by Gasteiger charge is 2.24. The zero-order valence-corrected chi connectivity index (χ0v) is 21.7. The van der Waals surface area contributed by atoms with Crippen molar-refractivity contribution in [3.8, 4) is 0 Å². The molecule has 7 nitrogen and oxygen atoms in total. The molecule has 0 amide bonds. The van der Waals surface area contributed by atoms with Gasteiger partial charge in [0.15, 0.2) is 0 Å². The molecule has 0 radical (unpaired) electrons. The molecule has 1 atom stereocenters. The van der Waals surface area contributed by atoms with E-state index in [1.165, 1.54) is 35.1 Å². The molecular weight excluding hydrogens is 466 g/mol. The van der Waals surface area contributed by atoms with E-state index >= 15 is 0 Å². The molecule has 5 rings (SSSR count). The number of hydrogen-bond donors (Lipinski definition) is 2. The molecule has 9 heteroatoms. The third-order valence-electron chi connectivity index (χ3n) is 6.92. The number of benzene rings is 1. The highest BCUT2D eigenvalue weighted by atomic mass is 32.2. The van der Waals surface area contributed by atoms with Gasteiger partial charge in [0.1, 0.15) is 16.5 Å². The van der Waals surface area contributed by atoms with E-state index in [-0.39, 0.29) is 6.04 Å². The summed E-state index contributed by atoms with van der Waals surface area (Å²) in [6.07, 6.45) is 7.07. The van der Waals surface area contributed by atoms with E-state index in [9.17, 15) is 8.42 Å². The lowest BCUT2D eigenvalue weighted by atomic mass is 9.99. The fraction of sp³-hybridized carbons (Fsp3) is 0.520. The van der Waals surface area contributed by atoms with Gasteiger partial charge in [0.2, 0.25) is 10.0 Å². The van der Waals surface area contributed by atoms with Gasteiger partial charge in [0.05, 0.1) is 18.2 Å². The lowest BCUT2D eigenvalue weighted by molar-refractivity contribution is 0.181. The maximum Gasteiger partial charge on any atom is 0.229 e. The number of piperidine rings is 1. The van der Waals surface area contributed by atoms with Gasteiger partial charge in [-0.3, -0.25) is 9.62 Å². The summed E-state index contributed by atoms with van der Waals surface area (Å²) in [4.78, 5) is 15.1. The zero-order valence-electron chi connectivity index (χ0n) is 20.1. The summed E-state index contributed by atoms with van der Waals surface area (Å²) in [5, 5.41) is 4.86. The molecule has 1 saturated heterocycles. The average Bonchev–Trinajstić information content (AvgIpc) is 3.36. The molecule has 1 aromatic carbocycles. The van der Waals surface area contributed by atoms with Gasteiger partial charge >= 0.3 is 0 Å². The van der Waals surface area contributed by atoms with Crippen LogP contribution in [0, 0.1) is 5.92 Å². The van der Waals surface area contributed by atoms with Crippen LogP contribution in [0.4, 0.5) is 11.5 Å². The molecule has 1 fully saturated rings. The summed E-state index contributed by atoms with van der Waals surface area (Å²) in [7, 11) is -3.29. The van der Waals surface area contributed by atoms with E-state index in [2.05, 4.69) is 28.8 Å². The number of likely N-dealkylation sites (tertiary alicyclic amines) is 1. The van der Waals surface area contributed by atoms with Crippen LogP contribution in [0.5, 0.6) is 0 Å². The summed E-state index contributed by atoms with van der Waals surface area (Å²) in [6, 6.07) is 7.53. The van der Waals surface area contributed by atoms with E-state index in [0.717, 1.165) is 66.7 Å². The van der Waals surface area contributed by atoms with Crippen LogP contribution >= 0.6 is 11.3 Å². The van der Waals surface area contributed by atoms with Crippen LogP contribution in [0.25, 0.3) is 10.2 Å². The predicted octanol–water partition coefficient (Wildman–Crippen LogP) is 4.96. The third kappa shape index (κ3) is 5.21. The van der Waals surface area contributed by atoms with Crippen molar-refractivity contribution in [1.29, 1.82) is 0 Å². The SMILES string of the molecule is CC1CCN(Cc2nc(N[C@H](C)c3ccc(NS(C)(=O)=O)cc3)c3c4c(sc3n2)CCC4)CC1. The van der Waals surface area contributed by atoms with Gasteiger partial charge < -0.3 is 5.32 Å². The lowest BCUT2D eigenvalue weighted by Gasteiger charge is -2.29. The number of aryl methyl sites for hydroxylation is 2. The number of aromatic nitrogens is 2. The van der Waals surface area contributed by atoms with E-state index in [0.29, 0.717) is 5.69 Å². The Morgan fingerprint density at radius 3 is 2.59 bits per heavy atom. The van der Waals surface area contributed by atoms with Gasteiger partial charge in [-0.05, 0) is 81.3 Å². The molecule has 3 heterocycles. The highest BCUT2D eigenvalue weighted by Crippen LogP contribution is 2.40. The zero-order chi connectivity index (χ0) is 23.9. The molecular formula is C25H33N5O2S2. The van der Waals surface area contributed by atoms with Crippen LogP contribution in [-0.4, -0.2) is 42.6 Å². The Labute approximate surface area is 206 Å². The summed E-state index contributed by atoms with van der Waals surface area (Å²) < 4.78 is 25.5. The van der Waals surface area contributed by atoms with Crippen molar-refractivity contribution in [3.05, 3.63) is 46.1 Å². The Morgan fingerprint density at radius 2 is 1.88 bits per heavy atom. The second-order valence-corrected chi connectivity index (χ2v) is 12.7. The summed E-state index contributed by atoms with van der Waals surface area (Å²) >= 11 is 1.83. The first-order valence-electron chi connectivity index (χ1n) is 12.1. The van der Waals surface area contributed by atoms with Crippen molar-refractivity contribution in [1.82, 2.24) is 14.9 Å². The van der Waals surface area contributed by atoms with Gasteiger partial charge in [0, 0.05) is 16.6 Å². The van der Waals surface area contributed by atoms with Crippen molar-refractivity contribution in [2.75, 3.05) is 29.4 Å². The van der Waals surface area contributed by atoms with Gasteiger partial charge in [-0.2, -0.15) is 0 Å². The van der Waals surface area contributed by atoms with Crippen molar-refractivity contribution >= 4 is 43.1 Å². The highest BCUT2D eigenvalue weighted by molar-refractivity contribution is 7.92. The molecule has 0 saturated carbocycles. The van der Waals surface area contributed by atoms with Gasteiger partial charge in [-0.15, -0.1) is 11.3 Å². The monoisotopic (exact) mass is 499 g/mol. The minimum atomic E-state index is -3.29. The van der Waals surface area contributed by atoms with E-state index in [4.69, 9.17) is 9.97 Å². The number of thiophene rings is 1. The molecule has 1 aliphatic carbocycles. The molecule has 3 aromatic rings. The first-order valence-corrected chi connectivity index (χ1v) is 14.8. The minimum absolute atomic E-state index is 0.0195. The minimum Gasteiger partial charge on any atom is -0.363 e. The number of anilines is 2. The second kappa shape index (κ2) is 9.43. The normalized spacial score (nSPS) is 18.2. The standard InChI is InChI=1S/C25H33N5O2S2/c1-16-11-13-30(14-12-16)15-22-27-24(23-20-5-4-6-21(20)33-25(23)28-22)26-17(2)18-7-9-19(10-8-18)29-34(3,31)32/h7-10,16-17,29H,4-6,11-15H2,1-3H3,(H,26,27,28)/t17-/m1/s1. The molecule has 34 heavy (non-hydrogen) atoms. The van der Waals surface area contributed by atoms with Crippen LogP contribution < -0.4 is 10.0 Å². The number of rotatable bonds is 7. The molecule has 2 N–H and O–H groups in total. The Bertz CT molecular complexity index is 1280. The number of nitrogens with zero attached hydrogens (tertiary/aromatic N) is 3. The van der Waals surface area contributed by atoms with Crippen LogP contribution in [0.1, 0.15) is 61.0 Å². The molecule has 2 aliphatic rings. The van der Waals surface area contributed by atoms with Crippen LogP contribution in [-0.2, 0) is 29.4 Å². The lowest BCUT2D eigenvalue weighted by Crippen LogP contribution is -2.33. The first-order chi connectivity index (χ1) is 16.2. The molecule has 0 bridgehead atoms. The summed E-state index contributed by atoms with van der Waals surface area (Å²) in [5.74, 6) is 2.62. The molecule has 0 spiro atoms.